The molecular weight excluding hydrogens is 386 g/mol. The Morgan fingerprint density at radius 2 is 1.68 bits per heavy atom. The Morgan fingerprint density at radius 3 is 2.39 bits per heavy atom. The first kappa shape index (κ1) is 18.3. The van der Waals surface area contributed by atoms with Gasteiger partial charge in [-0.2, -0.15) is 0 Å². The first-order chi connectivity index (χ1) is 13.6. The molecule has 0 aliphatic rings. The number of aromatic nitrogens is 1. The van der Waals surface area contributed by atoms with E-state index in [0.717, 1.165) is 27.3 Å². The van der Waals surface area contributed by atoms with Gasteiger partial charge in [-0.05, 0) is 67.7 Å². The maximum absolute atomic E-state index is 12.2. The molecule has 1 aromatic heterocycles. The number of aryl methyl sites for hydroxylation is 1. The second-order valence-corrected chi connectivity index (χ2v) is 7.78. The summed E-state index contributed by atoms with van der Waals surface area (Å²) in [5.74, 6) is -0.233. The standard InChI is InChI=1S/C22H17N3OS2/c1-14-6-8-15(9-7-14)20(26)25-22(27)23-17-12-10-16(11-13-17)21-24-18-4-2-3-5-19(18)28-21/h2-13H,1H3,(H2,23,25,26,27). The molecule has 1 amide bonds. The van der Waals surface area contributed by atoms with E-state index in [-0.39, 0.29) is 11.0 Å². The number of carbonyl (C=O) groups excluding carboxylic acids is 1. The molecule has 4 rings (SSSR count). The molecule has 3 aromatic carbocycles. The number of amides is 1. The fraction of sp³-hybridized carbons (Fsp3) is 0.0455. The van der Waals surface area contributed by atoms with Crippen molar-refractivity contribution in [2.75, 3.05) is 5.32 Å². The van der Waals surface area contributed by atoms with Crippen LogP contribution in [-0.2, 0) is 0 Å². The van der Waals surface area contributed by atoms with E-state index < -0.39 is 0 Å². The average Bonchev–Trinajstić information content (AvgIpc) is 3.13. The topological polar surface area (TPSA) is 54.0 Å². The minimum Gasteiger partial charge on any atom is -0.332 e. The zero-order valence-electron chi connectivity index (χ0n) is 15.1. The largest absolute Gasteiger partial charge is 0.332 e. The van der Waals surface area contributed by atoms with Gasteiger partial charge < -0.3 is 5.32 Å². The third kappa shape index (κ3) is 4.08. The van der Waals surface area contributed by atoms with E-state index in [0.29, 0.717) is 5.56 Å². The molecule has 0 saturated carbocycles. The van der Waals surface area contributed by atoms with Gasteiger partial charge in [0.2, 0.25) is 0 Å². The highest BCUT2D eigenvalue weighted by Gasteiger charge is 2.09. The first-order valence-corrected chi connectivity index (χ1v) is 9.96. The number of thiocarbonyl (C=S) groups is 1. The van der Waals surface area contributed by atoms with Crippen LogP contribution in [0, 0.1) is 6.92 Å². The van der Waals surface area contributed by atoms with Crippen molar-refractivity contribution in [1.82, 2.24) is 10.3 Å². The van der Waals surface area contributed by atoms with Gasteiger partial charge in [0.25, 0.3) is 5.91 Å². The lowest BCUT2D eigenvalue weighted by atomic mass is 10.1. The molecule has 1 heterocycles. The van der Waals surface area contributed by atoms with Gasteiger partial charge in [-0.15, -0.1) is 11.3 Å². The molecule has 28 heavy (non-hydrogen) atoms. The van der Waals surface area contributed by atoms with Crippen molar-refractivity contribution in [3.8, 4) is 10.6 Å². The van der Waals surface area contributed by atoms with Crippen molar-refractivity contribution in [3.05, 3.63) is 83.9 Å². The predicted molar refractivity (Wildman–Crippen MR) is 120 cm³/mol. The van der Waals surface area contributed by atoms with Gasteiger partial charge in [0.1, 0.15) is 5.01 Å². The summed E-state index contributed by atoms with van der Waals surface area (Å²) in [4.78, 5) is 16.9. The van der Waals surface area contributed by atoms with Crippen molar-refractivity contribution < 1.29 is 4.79 Å². The first-order valence-electron chi connectivity index (χ1n) is 8.73. The summed E-state index contributed by atoms with van der Waals surface area (Å²) in [6.07, 6.45) is 0. The molecule has 0 spiro atoms. The zero-order valence-corrected chi connectivity index (χ0v) is 16.7. The van der Waals surface area contributed by atoms with Crippen molar-refractivity contribution in [2.45, 2.75) is 6.92 Å². The number of carbonyl (C=O) groups is 1. The van der Waals surface area contributed by atoms with Crippen LogP contribution in [0.4, 0.5) is 5.69 Å². The molecule has 2 N–H and O–H groups in total. The van der Waals surface area contributed by atoms with Crippen LogP contribution in [0.25, 0.3) is 20.8 Å². The Hall–Kier alpha value is -3.09. The molecule has 0 aliphatic heterocycles. The van der Waals surface area contributed by atoms with Crippen LogP contribution in [0.3, 0.4) is 0 Å². The van der Waals surface area contributed by atoms with E-state index in [1.165, 1.54) is 4.70 Å². The number of hydrogen-bond donors (Lipinski definition) is 2. The highest BCUT2D eigenvalue weighted by molar-refractivity contribution is 7.80. The van der Waals surface area contributed by atoms with Gasteiger partial charge in [0, 0.05) is 16.8 Å². The highest BCUT2D eigenvalue weighted by atomic mass is 32.1. The molecule has 6 heteroatoms. The minimum absolute atomic E-state index is 0.233. The SMILES string of the molecule is Cc1ccc(C(=O)NC(=S)Nc2ccc(-c3nc4ccccc4s3)cc2)cc1. The fourth-order valence-electron chi connectivity index (χ4n) is 2.73. The zero-order chi connectivity index (χ0) is 19.5. The van der Waals surface area contributed by atoms with E-state index in [9.17, 15) is 4.79 Å². The van der Waals surface area contributed by atoms with E-state index in [1.54, 1.807) is 23.5 Å². The number of hydrogen-bond acceptors (Lipinski definition) is 4. The number of anilines is 1. The number of para-hydroxylation sites is 1. The molecule has 0 saturated heterocycles. The van der Waals surface area contributed by atoms with Gasteiger partial charge in [-0.3, -0.25) is 10.1 Å². The van der Waals surface area contributed by atoms with Gasteiger partial charge in [0.15, 0.2) is 5.11 Å². The number of benzene rings is 3. The Morgan fingerprint density at radius 1 is 0.964 bits per heavy atom. The molecule has 0 radical (unpaired) electrons. The Kier molecular flexibility index (Phi) is 5.14. The molecule has 4 aromatic rings. The second-order valence-electron chi connectivity index (χ2n) is 6.34. The average molecular weight is 404 g/mol. The van der Waals surface area contributed by atoms with E-state index >= 15 is 0 Å². The summed E-state index contributed by atoms with van der Waals surface area (Å²) in [6.45, 7) is 1.98. The fourth-order valence-corrected chi connectivity index (χ4v) is 3.92. The van der Waals surface area contributed by atoms with Gasteiger partial charge in [-0.25, -0.2) is 4.98 Å². The van der Waals surface area contributed by atoms with Crippen LogP contribution in [-0.4, -0.2) is 16.0 Å². The number of nitrogens with zero attached hydrogens (tertiary/aromatic N) is 1. The van der Waals surface area contributed by atoms with E-state index in [4.69, 9.17) is 12.2 Å². The summed E-state index contributed by atoms with van der Waals surface area (Å²) in [7, 11) is 0. The normalized spacial score (nSPS) is 10.6. The summed E-state index contributed by atoms with van der Waals surface area (Å²) in [5, 5.41) is 6.98. The summed E-state index contributed by atoms with van der Waals surface area (Å²) >= 11 is 6.92. The second kappa shape index (κ2) is 7.88. The van der Waals surface area contributed by atoms with Crippen LogP contribution in [0.5, 0.6) is 0 Å². The van der Waals surface area contributed by atoms with Crippen LogP contribution in [0.15, 0.2) is 72.8 Å². The quantitative estimate of drug-likeness (QED) is 0.450. The smallest absolute Gasteiger partial charge is 0.257 e. The molecule has 0 fully saturated rings. The Balaban J connectivity index is 1.41. The molecule has 0 bridgehead atoms. The maximum Gasteiger partial charge on any atom is 0.257 e. The van der Waals surface area contributed by atoms with Crippen molar-refractivity contribution in [2.24, 2.45) is 0 Å². The summed E-state index contributed by atoms with van der Waals surface area (Å²) in [5.41, 5.74) is 4.52. The number of nitrogens with one attached hydrogen (secondary N) is 2. The highest BCUT2D eigenvalue weighted by Crippen LogP contribution is 2.30. The predicted octanol–water partition coefficient (Wildman–Crippen LogP) is 5.40. The van der Waals surface area contributed by atoms with Gasteiger partial charge in [0.05, 0.1) is 10.2 Å². The lowest BCUT2D eigenvalue weighted by Crippen LogP contribution is -2.34. The third-order valence-electron chi connectivity index (χ3n) is 4.22. The maximum atomic E-state index is 12.2. The number of rotatable bonds is 3. The number of fused-ring (bicyclic) bond motifs is 1. The van der Waals surface area contributed by atoms with Crippen molar-refractivity contribution in [3.63, 3.8) is 0 Å². The molecule has 4 nitrogen and oxygen atoms in total. The lowest BCUT2D eigenvalue weighted by Gasteiger charge is -2.10. The molecule has 138 valence electrons. The van der Waals surface area contributed by atoms with Crippen LogP contribution < -0.4 is 10.6 Å². The monoisotopic (exact) mass is 403 g/mol. The minimum atomic E-state index is -0.233. The van der Waals surface area contributed by atoms with Crippen molar-refractivity contribution in [1.29, 1.82) is 0 Å². The third-order valence-corrected chi connectivity index (χ3v) is 5.51. The van der Waals surface area contributed by atoms with Crippen LogP contribution >= 0.6 is 23.6 Å². The summed E-state index contributed by atoms with van der Waals surface area (Å²) in [6, 6.07) is 23.3. The summed E-state index contributed by atoms with van der Waals surface area (Å²) < 4.78 is 1.17. The van der Waals surface area contributed by atoms with Gasteiger partial charge in [-0.1, -0.05) is 29.8 Å². The molecule has 0 aliphatic carbocycles. The van der Waals surface area contributed by atoms with Crippen LogP contribution in [0.1, 0.15) is 15.9 Å². The molecule has 0 atom stereocenters. The van der Waals surface area contributed by atoms with Gasteiger partial charge >= 0.3 is 0 Å². The molecular formula is C22H17N3OS2. The van der Waals surface area contributed by atoms with E-state index in [2.05, 4.69) is 21.7 Å². The van der Waals surface area contributed by atoms with E-state index in [1.807, 2.05) is 61.5 Å². The Bertz CT molecular complexity index is 1120. The molecule has 0 unspecified atom stereocenters. The number of thiazole rings is 1. The lowest BCUT2D eigenvalue weighted by molar-refractivity contribution is 0.0977. The Labute approximate surface area is 172 Å². The van der Waals surface area contributed by atoms with Crippen molar-refractivity contribution >= 4 is 50.5 Å². The van der Waals surface area contributed by atoms with Crippen LogP contribution in [0.2, 0.25) is 0 Å².